The Bertz CT molecular complexity index is 549. The van der Waals surface area contributed by atoms with Crippen LogP contribution in [0.2, 0.25) is 0 Å². The van der Waals surface area contributed by atoms with E-state index >= 15 is 0 Å². The Kier molecular flexibility index (Phi) is 3.53. The minimum Gasteiger partial charge on any atom is -0.489 e. The molecule has 1 aromatic heterocycles. The predicted octanol–water partition coefficient (Wildman–Crippen LogP) is 1.38. The molecule has 0 fully saturated rings. The molecule has 5 nitrogen and oxygen atoms in total. The van der Waals surface area contributed by atoms with Gasteiger partial charge in [-0.1, -0.05) is 12.1 Å². The van der Waals surface area contributed by atoms with Gasteiger partial charge in [0.25, 0.3) is 0 Å². The molecule has 18 heavy (non-hydrogen) atoms. The first-order valence-electron chi connectivity index (χ1n) is 5.72. The highest BCUT2D eigenvalue weighted by Gasteiger charge is 2.10. The number of aromatic nitrogens is 2. The largest absolute Gasteiger partial charge is 0.489 e. The van der Waals surface area contributed by atoms with Crippen molar-refractivity contribution in [3.05, 3.63) is 41.1 Å². The summed E-state index contributed by atoms with van der Waals surface area (Å²) in [7, 11) is 1.80. The van der Waals surface area contributed by atoms with Crippen molar-refractivity contribution in [2.24, 2.45) is 7.05 Å². The molecule has 0 aliphatic rings. The number of nitrogens with zero attached hydrogens (tertiary/aromatic N) is 2. The van der Waals surface area contributed by atoms with Crippen molar-refractivity contribution < 1.29 is 9.84 Å². The van der Waals surface area contributed by atoms with Gasteiger partial charge in [0, 0.05) is 7.05 Å². The molecule has 0 unspecified atom stereocenters. The maximum Gasteiger partial charge on any atom is 0.128 e. The van der Waals surface area contributed by atoms with E-state index in [1.807, 2.05) is 31.2 Å². The standard InChI is InChI=1S/C13H17N3O2/c1-9-12(13(14)16(2)15-9)8-18-11-5-3-4-10(6-11)7-17/h3-6,17H,7-8,14H2,1-2H3. The highest BCUT2D eigenvalue weighted by molar-refractivity contribution is 5.42. The minimum atomic E-state index is 0.00522. The minimum absolute atomic E-state index is 0.00522. The Balaban J connectivity index is 2.11. The van der Waals surface area contributed by atoms with Crippen LogP contribution >= 0.6 is 0 Å². The number of hydrogen-bond donors (Lipinski definition) is 2. The Labute approximate surface area is 106 Å². The normalized spacial score (nSPS) is 10.6. The molecular formula is C13H17N3O2. The van der Waals surface area contributed by atoms with Crippen LogP contribution in [0.25, 0.3) is 0 Å². The Hall–Kier alpha value is -2.01. The molecule has 0 aliphatic carbocycles. The lowest BCUT2D eigenvalue weighted by molar-refractivity contribution is 0.278. The fourth-order valence-electron chi connectivity index (χ4n) is 1.79. The van der Waals surface area contributed by atoms with Crippen LogP contribution in [0.15, 0.2) is 24.3 Å². The Morgan fingerprint density at radius 1 is 1.44 bits per heavy atom. The Morgan fingerprint density at radius 2 is 2.22 bits per heavy atom. The first-order chi connectivity index (χ1) is 8.61. The van der Waals surface area contributed by atoms with E-state index in [9.17, 15) is 0 Å². The summed E-state index contributed by atoms with van der Waals surface area (Å²) in [5, 5.41) is 13.3. The van der Waals surface area contributed by atoms with Crippen molar-refractivity contribution >= 4 is 5.82 Å². The fourth-order valence-corrected chi connectivity index (χ4v) is 1.79. The quantitative estimate of drug-likeness (QED) is 0.856. The molecule has 2 rings (SSSR count). The molecule has 0 bridgehead atoms. The van der Waals surface area contributed by atoms with Crippen LogP contribution in [0.1, 0.15) is 16.8 Å². The van der Waals surface area contributed by atoms with Gasteiger partial charge in [0.1, 0.15) is 18.2 Å². The smallest absolute Gasteiger partial charge is 0.128 e. The number of benzene rings is 1. The zero-order valence-corrected chi connectivity index (χ0v) is 10.6. The van der Waals surface area contributed by atoms with Crippen LogP contribution in [0.3, 0.4) is 0 Å². The van der Waals surface area contributed by atoms with Crippen LogP contribution in [-0.2, 0) is 20.3 Å². The number of hydrogen-bond acceptors (Lipinski definition) is 4. The summed E-state index contributed by atoms with van der Waals surface area (Å²) in [6.07, 6.45) is 0. The second-order valence-electron chi connectivity index (χ2n) is 4.17. The molecule has 0 radical (unpaired) electrons. The van der Waals surface area contributed by atoms with Crippen molar-refractivity contribution in [2.45, 2.75) is 20.1 Å². The van der Waals surface area contributed by atoms with Gasteiger partial charge in [-0.15, -0.1) is 0 Å². The van der Waals surface area contributed by atoms with E-state index in [-0.39, 0.29) is 6.61 Å². The SMILES string of the molecule is Cc1nn(C)c(N)c1COc1cccc(CO)c1. The number of nitrogens with two attached hydrogens (primary N) is 1. The lowest BCUT2D eigenvalue weighted by Gasteiger charge is -2.07. The molecule has 0 saturated carbocycles. The molecule has 0 spiro atoms. The van der Waals surface area contributed by atoms with E-state index in [0.29, 0.717) is 18.2 Å². The second kappa shape index (κ2) is 5.10. The van der Waals surface area contributed by atoms with Gasteiger partial charge in [0.05, 0.1) is 17.9 Å². The van der Waals surface area contributed by atoms with Crippen molar-refractivity contribution in [1.29, 1.82) is 0 Å². The van der Waals surface area contributed by atoms with Crippen LogP contribution in [0.5, 0.6) is 5.75 Å². The number of nitrogen functional groups attached to an aromatic ring is 1. The number of aliphatic hydroxyl groups excluding tert-OH is 1. The molecule has 0 saturated heterocycles. The molecule has 3 N–H and O–H groups in total. The van der Waals surface area contributed by atoms with Crippen molar-refractivity contribution in [3.8, 4) is 5.75 Å². The summed E-state index contributed by atoms with van der Waals surface area (Å²) < 4.78 is 7.30. The Morgan fingerprint density at radius 3 is 2.83 bits per heavy atom. The molecule has 1 aromatic carbocycles. The van der Waals surface area contributed by atoms with Crippen LogP contribution in [-0.4, -0.2) is 14.9 Å². The summed E-state index contributed by atoms with van der Waals surface area (Å²) in [4.78, 5) is 0. The van der Waals surface area contributed by atoms with Crippen LogP contribution < -0.4 is 10.5 Å². The molecule has 0 atom stereocenters. The molecule has 0 amide bonds. The van der Waals surface area contributed by atoms with Gasteiger partial charge in [0.2, 0.25) is 0 Å². The second-order valence-corrected chi connectivity index (χ2v) is 4.17. The summed E-state index contributed by atoms with van der Waals surface area (Å²) >= 11 is 0. The van der Waals surface area contributed by atoms with Crippen molar-refractivity contribution in [3.63, 3.8) is 0 Å². The maximum absolute atomic E-state index is 9.05. The summed E-state index contributed by atoms with van der Waals surface area (Å²) in [5.41, 5.74) is 8.49. The van der Waals surface area contributed by atoms with Crippen molar-refractivity contribution in [1.82, 2.24) is 9.78 Å². The topological polar surface area (TPSA) is 73.3 Å². The number of aryl methyl sites for hydroxylation is 2. The lowest BCUT2D eigenvalue weighted by Crippen LogP contribution is -2.02. The van der Waals surface area contributed by atoms with E-state index in [1.54, 1.807) is 11.7 Å². The number of aliphatic hydroxyl groups is 1. The molecular weight excluding hydrogens is 230 g/mol. The molecule has 96 valence electrons. The van der Waals surface area contributed by atoms with Gasteiger partial charge >= 0.3 is 0 Å². The summed E-state index contributed by atoms with van der Waals surface area (Å²) in [5.74, 6) is 1.33. The van der Waals surface area contributed by atoms with E-state index in [1.165, 1.54) is 0 Å². The lowest BCUT2D eigenvalue weighted by atomic mass is 10.2. The van der Waals surface area contributed by atoms with Gasteiger partial charge < -0.3 is 15.6 Å². The molecule has 2 aromatic rings. The van der Waals surface area contributed by atoms with E-state index in [4.69, 9.17) is 15.6 Å². The van der Waals surface area contributed by atoms with E-state index < -0.39 is 0 Å². The van der Waals surface area contributed by atoms with Gasteiger partial charge in [-0.25, -0.2) is 0 Å². The molecule has 1 heterocycles. The van der Waals surface area contributed by atoms with Crippen LogP contribution in [0.4, 0.5) is 5.82 Å². The zero-order valence-electron chi connectivity index (χ0n) is 10.6. The average Bonchev–Trinajstić information content (AvgIpc) is 2.61. The van der Waals surface area contributed by atoms with Gasteiger partial charge in [0.15, 0.2) is 0 Å². The average molecular weight is 247 g/mol. The van der Waals surface area contributed by atoms with Gasteiger partial charge in [-0.3, -0.25) is 4.68 Å². The predicted molar refractivity (Wildman–Crippen MR) is 69.1 cm³/mol. The van der Waals surface area contributed by atoms with Crippen LogP contribution in [0, 0.1) is 6.92 Å². The summed E-state index contributed by atoms with van der Waals surface area (Å²) in [6.45, 7) is 2.28. The number of ether oxygens (including phenoxy) is 1. The maximum atomic E-state index is 9.05. The fraction of sp³-hybridized carbons (Fsp3) is 0.308. The molecule has 5 heteroatoms. The third-order valence-corrected chi connectivity index (χ3v) is 2.86. The van der Waals surface area contributed by atoms with E-state index in [2.05, 4.69) is 5.10 Å². The highest BCUT2D eigenvalue weighted by atomic mass is 16.5. The third-order valence-electron chi connectivity index (χ3n) is 2.86. The van der Waals surface area contributed by atoms with Gasteiger partial charge in [-0.05, 0) is 24.6 Å². The first-order valence-corrected chi connectivity index (χ1v) is 5.72. The van der Waals surface area contributed by atoms with E-state index in [0.717, 1.165) is 16.8 Å². The zero-order chi connectivity index (χ0) is 13.1. The first kappa shape index (κ1) is 12.4. The number of anilines is 1. The third kappa shape index (κ3) is 2.46. The highest BCUT2D eigenvalue weighted by Crippen LogP contribution is 2.19. The molecule has 0 aliphatic heterocycles. The van der Waals surface area contributed by atoms with Gasteiger partial charge in [-0.2, -0.15) is 5.10 Å². The summed E-state index contributed by atoms with van der Waals surface area (Å²) in [6, 6.07) is 7.35. The monoisotopic (exact) mass is 247 g/mol. The van der Waals surface area contributed by atoms with Crippen molar-refractivity contribution in [2.75, 3.05) is 5.73 Å². The number of rotatable bonds is 4.